The number of carbonyl (C=O) groups is 2. The Hall–Kier alpha value is -2.72. The Morgan fingerprint density at radius 2 is 1.16 bits per heavy atom. The molecule has 0 aliphatic heterocycles. The largest absolute Gasteiger partial charge is 0.493 e. The lowest BCUT2D eigenvalue weighted by atomic mass is 10.1. The highest BCUT2D eigenvalue weighted by atomic mass is 79.9. The number of hydrogen-bond donors (Lipinski definition) is 2. The van der Waals surface area contributed by atoms with Gasteiger partial charge < -0.3 is 9.47 Å². The number of unbranched alkanes of at least 4 members (excludes halogenated alkanes) is 3. The monoisotopic (exact) mass is 650 g/mol. The van der Waals surface area contributed by atoms with Crippen molar-refractivity contribution in [1.82, 2.24) is 10.9 Å². The lowest BCUT2D eigenvalue weighted by Gasteiger charge is -2.08. The van der Waals surface area contributed by atoms with Gasteiger partial charge in [0.2, 0.25) is 11.8 Å². The zero-order chi connectivity index (χ0) is 27.6. The van der Waals surface area contributed by atoms with Crippen molar-refractivity contribution < 1.29 is 19.1 Å². The molecule has 0 saturated heterocycles. The molecule has 0 fully saturated rings. The van der Waals surface area contributed by atoms with Crippen LogP contribution in [0, 0.1) is 0 Å². The quantitative estimate of drug-likeness (QED) is 0.112. The molecule has 2 rings (SSSR count). The second-order valence-corrected chi connectivity index (χ2v) is 10.4. The summed E-state index contributed by atoms with van der Waals surface area (Å²) in [6, 6.07) is 11.3. The van der Waals surface area contributed by atoms with Crippen molar-refractivity contribution in [2.45, 2.75) is 65.2 Å². The van der Waals surface area contributed by atoms with E-state index in [1.165, 1.54) is 0 Å². The predicted molar refractivity (Wildman–Crippen MR) is 159 cm³/mol. The zero-order valence-electron chi connectivity index (χ0n) is 22.0. The Bertz CT molecular complexity index is 1010. The van der Waals surface area contributed by atoms with Gasteiger partial charge in [0.25, 0.3) is 0 Å². The number of hydrazone groups is 2. The van der Waals surface area contributed by atoms with Crippen molar-refractivity contribution in [2.24, 2.45) is 10.2 Å². The number of halogens is 2. The Kier molecular flexibility index (Phi) is 15.3. The van der Waals surface area contributed by atoms with Crippen molar-refractivity contribution >= 4 is 56.1 Å². The first-order valence-corrected chi connectivity index (χ1v) is 14.5. The van der Waals surface area contributed by atoms with Crippen molar-refractivity contribution in [3.05, 3.63) is 56.5 Å². The minimum Gasteiger partial charge on any atom is -0.493 e. The van der Waals surface area contributed by atoms with Crippen LogP contribution >= 0.6 is 31.9 Å². The molecule has 0 saturated carbocycles. The average molecular weight is 652 g/mol. The van der Waals surface area contributed by atoms with Gasteiger partial charge in [0.1, 0.15) is 11.5 Å². The van der Waals surface area contributed by atoms with Crippen LogP contribution in [0.25, 0.3) is 0 Å². The third kappa shape index (κ3) is 12.7. The van der Waals surface area contributed by atoms with Crippen LogP contribution in [0.4, 0.5) is 0 Å². The second kappa shape index (κ2) is 18.5. The van der Waals surface area contributed by atoms with Crippen LogP contribution < -0.4 is 20.3 Å². The van der Waals surface area contributed by atoms with Gasteiger partial charge in [-0.1, -0.05) is 58.5 Å². The van der Waals surface area contributed by atoms with E-state index in [4.69, 9.17) is 9.47 Å². The standard InChI is InChI=1S/C28H36Br2N4O4/c1-3-15-37-25-13-11-23(29)17-21(25)19-31-33-27(35)9-7-5-6-8-10-28(36)34-32-20-22-18-24(30)12-14-26(22)38-16-4-2/h11-14,17-20H,3-10,15-16H2,1-2H3,(H,33,35)(H,34,36). The average Bonchev–Trinajstić information content (AvgIpc) is 2.89. The Morgan fingerprint density at radius 3 is 1.55 bits per heavy atom. The van der Waals surface area contributed by atoms with Crippen molar-refractivity contribution in [2.75, 3.05) is 13.2 Å². The molecule has 206 valence electrons. The molecule has 0 radical (unpaired) electrons. The first-order valence-electron chi connectivity index (χ1n) is 12.9. The fraction of sp³-hybridized carbons (Fsp3) is 0.429. The maximum Gasteiger partial charge on any atom is 0.240 e. The van der Waals surface area contributed by atoms with Crippen LogP contribution in [0.3, 0.4) is 0 Å². The number of nitrogens with zero attached hydrogens (tertiary/aromatic N) is 2. The molecule has 2 N–H and O–H groups in total. The molecule has 0 atom stereocenters. The number of benzene rings is 2. The minimum absolute atomic E-state index is 0.144. The fourth-order valence-corrected chi connectivity index (χ4v) is 4.07. The summed E-state index contributed by atoms with van der Waals surface area (Å²) in [7, 11) is 0. The summed E-state index contributed by atoms with van der Waals surface area (Å²) in [4.78, 5) is 24.2. The highest BCUT2D eigenvalue weighted by molar-refractivity contribution is 9.10. The van der Waals surface area contributed by atoms with Gasteiger partial charge in [-0.15, -0.1) is 0 Å². The van der Waals surface area contributed by atoms with E-state index in [-0.39, 0.29) is 11.8 Å². The highest BCUT2D eigenvalue weighted by Crippen LogP contribution is 2.23. The number of carbonyl (C=O) groups excluding carboxylic acids is 2. The van der Waals surface area contributed by atoms with E-state index >= 15 is 0 Å². The smallest absolute Gasteiger partial charge is 0.240 e. The van der Waals surface area contributed by atoms with E-state index < -0.39 is 0 Å². The van der Waals surface area contributed by atoms with Crippen LogP contribution in [-0.4, -0.2) is 37.5 Å². The normalized spacial score (nSPS) is 11.2. The van der Waals surface area contributed by atoms with Crippen LogP contribution in [0.15, 0.2) is 55.5 Å². The van der Waals surface area contributed by atoms with Gasteiger partial charge in [0, 0.05) is 32.9 Å². The van der Waals surface area contributed by atoms with Gasteiger partial charge in [0.05, 0.1) is 25.6 Å². The molecule has 0 heterocycles. The Balaban J connectivity index is 1.62. The summed E-state index contributed by atoms with van der Waals surface area (Å²) in [5.41, 5.74) is 6.71. The summed E-state index contributed by atoms with van der Waals surface area (Å²) in [5, 5.41) is 8.13. The number of rotatable bonds is 17. The SMILES string of the molecule is CCCOc1ccc(Br)cc1C=NNC(=O)CCCCCCC(=O)NN=Cc1cc(Br)ccc1OCCC. The molecule has 38 heavy (non-hydrogen) atoms. The highest BCUT2D eigenvalue weighted by Gasteiger charge is 2.06. The van der Waals surface area contributed by atoms with Crippen LogP contribution in [0.2, 0.25) is 0 Å². The second-order valence-electron chi connectivity index (χ2n) is 8.56. The maximum atomic E-state index is 12.1. The van der Waals surface area contributed by atoms with E-state index in [9.17, 15) is 9.59 Å². The summed E-state index contributed by atoms with van der Waals surface area (Å²) in [6.07, 6.45) is 8.90. The van der Waals surface area contributed by atoms with Crippen molar-refractivity contribution in [1.29, 1.82) is 0 Å². The lowest BCUT2D eigenvalue weighted by Crippen LogP contribution is -2.17. The molecule has 0 bridgehead atoms. The molecule has 8 nitrogen and oxygen atoms in total. The summed E-state index contributed by atoms with van der Waals surface area (Å²) in [6.45, 7) is 5.32. The molecule has 0 spiro atoms. The number of ether oxygens (including phenoxy) is 2. The van der Waals surface area contributed by atoms with Crippen molar-refractivity contribution in [3.63, 3.8) is 0 Å². The van der Waals surface area contributed by atoms with Gasteiger partial charge in [-0.2, -0.15) is 10.2 Å². The van der Waals surface area contributed by atoms with E-state index in [0.717, 1.165) is 70.1 Å². The van der Waals surface area contributed by atoms with Gasteiger partial charge in [-0.05, 0) is 62.1 Å². The van der Waals surface area contributed by atoms with Gasteiger partial charge in [-0.3, -0.25) is 9.59 Å². The number of nitrogens with one attached hydrogen (secondary N) is 2. The van der Waals surface area contributed by atoms with E-state index in [1.54, 1.807) is 12.4 Å². The molecule has 0 aliphatic carbocycles. The molecule has 10 heteroatoms. The predicted octanol–water partition coefficient (Wildman–Crippen LogP) is 6.73. The summed E-state index contributed by atoms with van der Waals surface area (Å²) < 4.78 is 13.2. The van der Waals surface area contributed by atoms with Gasteiger partial charge >= 0.3 is 0 Å². The first kappa shape index (κ1) is 31.5. The molecule has 0 unspecified atom stereocenters. The third-order valence-corrected chi connectivity index (χ3v) is 6.20. The zero-order valence-corrected chi connectivity index (χ0v) is 25.1. The summed E-state index contributed by atoms with van der Waals surface area (Å²) in [5.74, 6) is 1.16. The van der Waals surface area contributed by atoms with Gasteiger partial charge in [-0.25, -0.2) is 10.9 Å². The molecule has 2 aromatic rings. The molecule has 2 amide bonds. The first-order chi connectivity index (χ1) is 18.4. The molecular formula is C28H36Br2N4O4. The lowest BCUT2D eigenvalue weighted by molar-refractivity contribution is -0.122. The van der Waals surface area contributed by atoms with E-state index in [1.807, 2.05) is 50.2 Å². The van der Waals surface area contributed by atoms with Gasteiger partial charge in [0.15, 0.2) is 0 Å². The Labute approximate surface area is 241 Å². The topological polar surface area (TPSA) is 101 Å². The van der Waals surface area contributed by atoms with Crippen LogP contribution in [0.5, 0.6) is 11.5 Å². The third-order valence-electron chi connectivity index (χ3n) is 5.21. The minimum atomic E-state index is -0.144. The summed E-state index contributed by atoms with van der Waals surface area (Å²) >= 11 is 6.88. The fourth-order valence-electron chi connectivity index (χ4n) is 3.31. The molecule has 0 aromatic heterocycles. The van der Waals surface area contributed by atoms with E-state index in [0.29, 0.717) is 26.1 Å². The Morgan fingerprint density at radius 1 is 0.737 bits per heavy atom. The van der Waals surface area contributed by atoms with Crippen molar-refractivity contribution in [3.8, 4) is 11.5 Å². The molecule has 0 aliphatic rings. The molecule has 2 aromatic carbocycles. The van der Waals surface area contributed by atoms with E-state index in [2.05, 4.69) is 52.9 Å². The molecular weight excluding hydrogens is 616 g/mol. The van der Waals surface area contributed by atoms with Crippen LogP contribution in [0.1, 0.15) is 76.3 Å². The number of amides is 2. The maximum absolute atomic E-state index is 12.1. The number of hydrogen-bond acceptors (Lipinski definition) is 6. The van der Waals surface area contributed by atoms with Crippen LogP contribution in [-0.2, 0) is 9.59 Å².